The number of fused-ring (bicyclic) bond motifs is 1. The van der Waals surface area contributed by atoms with Gasteiger partial charge in [0.1, 0.15) is 5.65 Å². The quantitative estimate of drug-likeness (QED) is 0.644. The van der Waals surface area contributed by atoms with Crippen LogP contribution in [0.4, 0.5) is 0 Å². The first kappa shape index (κ1) is 22.1. The third-order valence-corrected chi connectivity index (χ3v) is 5.66. The van der Waals surface area contributed by atoms with E-state index in [0.717, 1.165) is 17.4 Å². The molecule has 10 heteroatoms. The molecule has 2 fully saturated rings. The highest BCUT2D eigenvalue weighted by molar-refractivity contribution is 5.97. The highest BCUT2D eigenvalue weighted by Gasteiger charge is 2.30. The number of carbonyl (C=O) groups excluding carboxylic acids is 2. The Morgan fingerprint density at radius 1 is 1.38 bits per heavy atom. The van der Waals surface area contributed by atoms with Crippen molar-refractivity contribution in [1.29, 1.82) is 0 Å². The number of nitrogens with zero attached hydrogens (tertiary/aromatic N) is 4. The van der Waals surface area contributed by atoms with Crippen molar-refractivity contribution in [2.75, 3.05) is 19.8 Å². The fourth-order valence-electron chi connectivity index (χ4n) is 3.86. The van der Waals surface area contributed by atoms with Gasteiger partial charge in [0.2, 0.25) is 11.8 Å². The molecule has 0 radical (unpaired) electrons. The summed E-state index contributed by atoms with van der Waals surface area (Å²) in [6.45, 7) is 7.71. The number of amides is 2. The molecule has 32 heavy (non-hydrogen) atoms. The van der Waals surface area contributed by atoms with Gasteiger partial charge in [-0.3, -0.25) is 19.0 Å². The molecule has 1 atom stereocenters. The predicted octanol–water partition coefficient (Wildman–Crippen LogP) is 1.01. The summed E-state index contributed by atoms with van der Waals surface area (Å²) in [5.74, 6) is -1.03. The Balaban J connectivity index is 1.75. The molecule has 4 rings (SSSR count). The van der Waals surface area contributed by atoms with Gasteiger partial charge in [-0.25, -0.2) is 0 Å². The Morgan fingerprint density at radius 3 is 2.78 bits per heavy atom. The number of morpholine rings is 1. The highest BCUT2D eigenvalue weighted by Crippen LogP contribution is 2.24. The lowest BCUT2D eigenvalue weighted by Gasteiger charge is -2.32. The maximum atomic E-state index is 13.0. The van der Waals surface area contributed by atoms with Crippen LogP contribution in [0.2, 0.25) is 0 Å². The molecule has 1 saturated heterocycles. The number of aromatic hydroxyl groups is 1. The molecule has 0 aromatic carbocycles. The van der Waals surface area contributed by atoms with Crippen molar-refractivity contribution in [2.24, 2.45) is 5.92 Å². The molecular formula is C22H29N5O5. The molecule has 1 aliphatic heterocycles. The van der Waals surface area contributed by atoms with Crippen molar-refractivity contribution in [2.45, 2.75) is 52.2 Å². The van der Waals surface area contributed by atoms with Crippen LogP contribution >= 0.6 is 0 Å². The number of hydrogen-bond donors (Lipinski definition) is 2. The second kappa shape index (κ2) is 8.78. The smallest absolute Gasteiger partial charge is 0.291 e. The Bertz CT molecular complexity index is 1130. The van der Waals surface area contributed by atoms with E-state index >= 15 is 0 Å². The van der Waals surface area contributed by atoms with Crippen LogP contribution in [0.3, 0.4) is 0 Å². The summed E-state index contributed by atoms with van der Waals surface area (Å²) in [7, 11) is 0. The van der Waals surface area contributed by atoms with E-state index in [-0.39, 0.29) is 29.5 Å². The average molecular weight is 444 g/mol. The van der Waals surface area contributed by atoms with Crippen molar-refractivity contribution < 1.29 is 19.4 Å². The van der Waals surface area contributed by atoms with E-state index in [4.69, 9.17) is 4.74 Å². The van der Waals surface area contributed by atoms with E-state index in [2.05, 4.69) is 10.4 Å². The van der Waals surface area contributed by atoms with Crippen molar-refractivity contribution in [3.05, 3.63) is 33.8 Å². The average Bonchev–Trinajstić information content (AvgIpc) is 3.45. The van der Waals surface area contributed by atoms with Crippen LogP contribution < -0.4 is 10.9 Å². The fraction of sp³-hybridized carbons (Fsp3) is 0.545. The zero-order chi connectivity index (χ0) is 23.0. The van der Waals surface area contributed by atoms with Crippen LogP contribution in [0.5, 0.6) is 5.88 Å². The van der Waals surface area contributed by atoms with Crippen LogP contribution in [0.1, 0.15) is 49.5 Å². The molecule has 0 spiro atoms. The first-order valence-electron chi connectivity index (χ1n) is 11.0. The first-order valence-corrected chi connectivity index (χ1v) is 11.0. The van der Waals surface area contributed by atoms with Gasteiger partial charge in [-0.05, 0) is 31.8 Å². The molecule has 2 aromatic heterocycles. The zero-order valence-corrected chi connectivity index (χ0v) is 18.6. The molecule has 0 unspecified atom stereocenters. The number of aromatic nitrogens is 3. The lowest BCUT2D eigenvalue weighted by atomic mass is 10.2. The van der Waals surface area contributed by atoms with Gasteiger partial charge in [0, 0.05) is 30.8 Å². The minimum absolute atomic E-state index is 0.0273. The van der Waals surface area contributed by atoms with Crippen LogP contribution in [0.15, 0.2) is 17.1 Å². The predicted molar refractivity (Wildman–Crippen MR) is 117 cm³/mol. The lowest BCUT2D eigenvalue weighted by molar-refractivity contribution is -0.133. The minimum Gasteiger partial charge on any atom is -0.494 e. The van der Waals surface area contributed by atoms with Crippen molar-refractivity contribution in [3.63, 3.8) is 0 Å². The molecule has 2 aromatic rings. The first-order chi connectivity index (χ1) is 15.3. The van der Waals surface area contributed by atoms with E-state index < -0.39 is 17.3 Å². The van der Waals surface area contributed by atoms with Crippen molar-refractivity contribution >= 4 is 23.5 Å². The Morgan fingerprint density at radius 2 is 2.12 bits per heavy atom. The van der Waals surface area contributed by atoms with E-state index in [0.29, 0.717) is 37.5 Å². The van der Waals surface area contributed by atoms with Gasteiger partial charge >= 0.3 is 0 Å². The van der Waals surface area contributed by atoms with E-state index in [9.17, 15) is 19.5 Å². The minimum atomic E-state index is -0.691. The molecular weight excluding hydrogens is 414 g/mol. The summed E-state index contributed by atoms with van der Waals surface area (Å²) in [6, 6.07) is 0.0146. The summed E-state index contributed by atoms with van der Waals surface area (Å²) in [5.41, 5.74) is -0.171. The molecule has 2 N–H and O–H groups in total. The van der Waals surface area contributed by atoms with Crippen LogP contribution in [-0.2, 0) is 16.1 Å². The number of carbonyl (C=O) groups is 2. The monoisotopic (exact) mass is 443 g/mol. The van der Waals surface area contributed by atoms with E-state index in [1.54, 1.807) is 11.0 Å². The van der Waals surface area contributed by atoms with Gasteiger partial charge in [-0.15, -0.1) is 0 Å². The summed E-state index contributed by atoms with van der Waals surface area (Å²) < 4.78 is 8.01. The van der Waals surface area contributed by atoms with Gasteiger partial charge in [0.05, 0.1) is 25.5 Å². The van der Waals surface area contributed by atoms with Crippen molar-refractivity contribution in [1.82, 2.24) is 24.4 Å². The van der Waals surface area contributed by atoms with Gasteiger partial charge in [0.25, 0.3) is 11.5 Å². The van der Waals surface area contributed by atoms with E-state index in [1.807, 2.05) is 20.8 Å². The normalized spacial score (nSPS) is 19.2. The zero-order valence-electron chi connectivity index (χ0n) is 18.6. The summed E-state index contributed by atoms with van der Waals surface area (Å²) in [5, 5.41) is 17.9. The SMILES string of the molecule is CC(C)Cn1c(O)c(C(=O)NC2CC2)c(=O)n2ncc(/C=C/C(=O)N3CCOC[C@H]3C)c12. The lowest BCUT2D eigenvalue weighted by Crippen LogP contribution is -2.46. The van der Waals surface area contributed by atoms with Crippen molar-refractivity contribution in [3.8, 4) is 5.88 Å². The Hall–Kier alpha value is -3.14. The van der Waals surface area contributed by atoms with E-state index in [1.165, 1.54) is 16.8 Å². The molecule has 2 aliphatic rings. The summed E-state index contributed by atoms with van der Waals surface area (Å²) in [4.78, 5) is 40.1. The molecule has 3 heterocycles. The molecule has 1 saturated carbocycles. The summed E-state index contributed by atoms with van der Waals surface area (Å²) >= 11 is 0. The van der Waals surface area contributed by atoms with Crippen LogP contribution in [0.25, 0.3) is 11.7 Å². The largest absolute Gasteiger partial charge is 0.494 e. The number of hydrogen-bond acceptors (Lipinski definition) is 6. The van der Waals surface area contributed by atoms with Gasteiger partial charge < -0.3 is 20.1 Å². The third-order valence-electron chi connectivity index (χ3n) is 5.66. The molecule has 10 nitrogen and oxygen atoms in total. The number of rotatable bonds is 6. The fourth-order valence-corrected chi connectivity index (χ4v) is 3.86. The number of nitrogens with one attached hydrogen (secondary N) is 1. The maximum absolute atomic E-state index is 13.0. The van der Waals surface area contributed by atoms with Crippen LogP contribution in [0, 0.1) is 5.92 Å². The van der Waals surface area contributed by atoms with Crippen LogP contribution in [-0.4, -0.2) is 67.8 Å². The highest BCUT2D eigenvalue weighted by atomic mass is 16.5. The number of ether oxygens (including phenoxy) is 1. The molecule has 172 valence electrons. The Kier molecular flexibility index (Phi) is 6.05. The molecule has 0 bridgehead atoms. The summed E-state index contributed by atoms with van der Waals surface area (Å²) in [6.07, 6.45) is 6.21. The van der Waals surface area contributed by atoms with Gasteiger partial charge in [-0.2, -0.15) is 9.61 Å². The Labute approximate surface area is 185 Å². The topological polar surface area (TPSA) is 118 Å². The molecule has 1 aliphatic carbocycles. The standard InChI is InChI=1S/C22H29N5O5/c1-13(2)11-26-20-15(4-7-17(28)25-8-9-32-12-14(25)3)10-23-27(20)22(31)18(21(26)30)19(29)24-16-5-6-16/h4,7,10,13-14,16,30H,5-6,8-9,11-12H2,1-3H3,(H,24,29)/b7-4+/t14-/m1/s1. The van der Waals surface area contributed by atoms with Gasteiger partial charge in [-0.1, -0.05) is 13.8 Å². The van der Waals surface area contributed by atoms with Gasteiger partial charge in [0.15, 0.2) is 5.56 Å². The molecule has 2 amide bonds. The second-order valence-corrected chi connectivity index (χ2v) is 8.88. The third kappa shape index (κ3) is 4.27. The second-order valence-electron chi connectivity index (χ2n) is 8.88. The maximum Gasteiger partial charge on any atom is 0.291 e.